The standard InChI is InChI=1S/C15H19BrFNO/c1-15(2)6-3-8-18(9-7-15)14(19)11-4-5-13(17)12(16)10-11/h4-5,10H,3,6-9H2,1-2H3. The van der Waals surface area contributed by atoms with Gasteiger partial charge in [0.25, 0.3) is 5.91 Å². The van der Waals surface area contributed by atoms with E-state index in [0.29, 0.717) is 15.5 Å². The zero-order valence-electron chi connectivity index (χ0n) is 11.4. The summed E-state index contributed by atoms with van der Waals surface area (Å²) in [5.74, 6) is -0.341. The van der Waals surface area contributed by atoms with Crippen molar-refractivity contribution in [2.45, 2.75) is 33.1 Å². The van der Waals surface area contributed by atoms with Gasteiger partial charge < -0.3 is 4.90 Å². The summed E-state index contributed by atoms with van der Waals surface area (Å²) in [7, 11) is 0. The van der Waals surface area contributed by atoms with Crippen molar-refractivity contribution < 1.29 is 9.18 Å². The molecule has 1 aromatic rings. The van der Waals surface area contributed by atoms with Gasteiger partial charge in [-0.05, 0) is 58.8 Å². The number of hydrogen-bond donors (Lipinski definition) is 0. The first-order valence-electron chi connectivity index (χ1n) is 6.63. The van der Waals surface area contributed by atoms with Gasteiger partial charge in [0, 0.05) is 18.7 Å². The van der Waals surface area contributed by atoms with Crippen molar-refractivity contribution >= 4 is 21.8 Å². The second kappa shape index (κ2) is 5.61. The Balaban J connectivity index is 2.13. The van der Waals surface area contributed by atoms with Gasteiger partial charge in [-0.3, -0.25) is 4.79 Å². The summed E-state index contributed by atoms with van der Waals surface area (Å²) >= 11 is 3.13. The minimum atomic E-state index is -0.339. The second-order valence-corrected chi connectivity index (χ2v) is 6.79. The van der Waals surface area contributed by atoms with Crippen LogP contribution < -0.4 is 0 Å². The van der Waals surface area contributed by atoms with Crippen molar-refractivity contribution in [2.24, 2.45) is 5.41 Å². The summed E-state index contributed by atoms with van der Waals surface area (Å²) in [5.41, 5.74) is 0.853. The fraction of sp³-hybridized carbons (Fsp3) is 0.533. The molecule has 19 heavy (non-hydrogen) atoms. The Hall–Kier alpha value is -0.900. The average Bonchev–Trinajstić information content (AvgIpc) is 2.53. The molecule has 2 nitrogen and oxygen atoms in total. The van der Waals surface area contributed by atoms with Gasteiger partial charge in [0.05, 0.1) is 4.47 Å². The minimum absolute atomic E-state index is 0.00148. The van der Waals surface area contributed by atoms with E-state index in [4.69, 9.17) is 0 Å². The van der Waals surface area contributed by atoms with Crippen LogP contribution in [0.4, 0.5) is 4.39 Å². The summed E-state index contributed by atoms with van der Waals surface area (Å²) in [5, 5.41) is 0. The van der Waals surface area contributed by atoms with Gasteiger partial charge in [0.15, 0.2) is 0 Å². The molecule has 0 N–H and O–H groups in total. The molecular weight excluding hydrogens is 309 g/mol. The molecule has 4 heteroatoms. The highest BCUT2D eigenvalue weighted by Gasteiger charge is 2.26. The first-order valence-corrected chi connectivity index (χ1v) is 7.43. The molecule has 0 bridgehead atoms. The van der Waals surface area contributed by atoms with Gasteiger partial charge in [-0.25, -0.2) is 4.39 Å². The predicted octanol–water partition coefficient (Wildman–Crippen LogP) is 4.24. The van der Waals surface area contributed by atoms with Gasteiger partial charge in [0.2, 0.25) is 0 Å². The number of hydrogen-bond acceptors (Lipinski definition) is 1. The highest BCUT2D eigenvalue weighted by atomic mass is 79.9. The molecule has 104 valence electrons. The number of amides is 1. The van der Waals surface area contributed by atoms with E-state index in [0.717, 1.165) is 32.4 Å². The molecule has 1 saturated heterocycles. The van der Waals surface area contributed by atoms with E-state index < -0.39 is 0 Å². The Kier molecular flexibility index (Phi) is 4.29. The minimum Gasteiger partial charge on any atom is -0.339 e. The molecule has 0 aliphatic carbocycles. The normalized spacial score (nSPS) is 19.1. The Labute approximate surface area is 122 Å². The zero-order chi connectivity index (χ0) is 14.0. The molecule has 0 aromatic heterocycles. The van der Waals surface area contributed by atoms with Crippen molar-refractivity contribution in [3.63, 3.8) is 0 Å². The lowest BCUT2D eigenvalue weighted by molar-refractivity contribution is 0.0757. The van der Waals surface area contributed by atoms with Crippen LogP contribution in [-0.2, 0) is 0 Å². The van der Waals surface area contributed by atoms with Gasteiger partial charge in [0.1, 0.15) is 5.82 Å². The topological polar surface area (TPSA) is 20.3 Å². The van der Waals surface area contributed by atoms with Crippen molar-refractivity contribution in [3.05, 3.63) is 34.1 Å². The van der Waals surface area contributed by atoms with E-state index in [1.54, 1.807) is 12.1 Å². The van der Waals surface area contributed by atoms with Crippen LogP contribution in [0.5, 0.6) is 0 Å². The molecule has 1 heterocycles. The highest BCUT2D eigenvalue weighted by Crippen LogP contribution is 2.30. The van der Waals surface area contributed by atoms with Crippen molar-refractivity contribution in [3.8, 4) is 0 Å². The maximum atomic E-state index is 13.2. The number of benzene rings is 1. The monoisotopic (exact) mass is 327 g/mol. The number of nitrogens with zero attached hydrogens (tertiary/aromatic N) is 1. The van der Waals surface area contributed by atoms with E-state index in [1.165, 1.54) is 6.07 Å². The van der Waals surface area contributed by atoms with Crippen LogP contribution in [0.15, 0.2) is 22.7 Å². The second-order valence-electron chi connectivity index (χ2n) is 5.94. The van der Waals surface area contributed by atoms with Crippen molar-refractivity contribution in [1.82, 2.24) is 4.90 Å². The van der Waals surface area contributed by atoms with E-state index in [9.17, 15) is 9.18 Å². The maximum absolute atomic E-state index is 13.2. The van der Waals surface area contributed by atoms with Crippen LogP contribution in [0, 0.1) is 11.2 Å². The van der Waals surface area contributed by atoms with Gasteiger partial charge in [-0.15, -0.1) is 0 Å². The molecule has 1 aromatic carbocycles. The number of likely N-dealkylation sites (tertiary alicyclic amines) is 1. The van der Waals surface area contributed by atoms with Crippen molar-refractivity contribution in [2.75, 3.05) is 13.1 Å². The lowest BCUT2D eigenvalue weighted by Gasteiger charge is -2.23. The smallest absolute Gasteiger partial charge is 0.253 e. The van der Waals surface area contributed by atoms with Gasteiger partial charge in [-0.1, -0.05) is 13.8 Å². The maximum Gasteiger partial charge on any atom is 0.253 e. The predicted molar refractivity (Wildman–Crippen MR) is 77.6 cm³/mol. The van der Waals surface area contributed by atoms with Gasteiger partial charge >= 0.3 is 0 Å². The highest BCUT2D eigenvalue weighted by molar-refractivity contribution is 9.10. The average molecular weight is 328 g/mol. The molecule has 1 aliphatic rings. The van der Waals surface area contributed by atoms with Crippen LogP contribution in [0.25, 0.3) is 0 Å². The summed E-state index contributed by atoms with van der Waals surface area (Å²) in [4.78, 5) is 14.3. The summed E-state index contributed by atoms with van der Waals surface area (Å²) < 4.78 is 13.5. The van der Waals surface area contributed by atoms with E-state index in [2.05, 4.69) is 29.8 Å². The Bertz CT molecular complexity index is 487. The molecule has 0 unspecified atom stereocenters. The third-order valence-corrected chi connectivity index (χ3v) is 4.40. The molecule has 2 rings (SSSR count). The largest absolute Gasteiger partial charge is 0.339 e. The number of halogens is 2. The molecule has 1 aliphatic heterocycles. The van der Waals surface area contributed by atoms with Crippen molar-refractivity contribution in [1.29, 1.82) is 0 Å². The van der Waals surface area contributed by atoms with Crippen LogP contribution in [0.1, 0.15) is 43.5 Å². The number of rotatable bonds is 1. The SMILES string of the molecule is CC1(C)CCCN(C(=O)c2ccc(F)c(Br)c2)CC1. The lowest BCUT2D eigenvalue weighted by atomic mass is 9.85. The third kappa shape index (κ3) is 3.56. The lowest BCUT2D eigenvalue weighted by Crippen LogP contribution is -2.32. The van der Waals surface area contributed by atoms with Crippen LogP contribution in [0.3, 0.4) is 0 Å². The van der Waals surface area contributed by atoms with Gasteiger partial charge in [-0.2, -0.15) is 0 Å². The molecule has 0 radical (unpaired) electrons. The first kappa shape index (κ1) is 14.5. The quantitative estimate of drug-likeness (QED) is 0.755. The van der Waals surface area contributed by atoms with Crippen LogP contribution in [-0.4, -0.2) is 23.9 Å². The number of carbonyl (C=O) groups excluding carboxylic acids is 1. The Morgan fingerprint density at radius 2 is 2.05 bits per heavy atom. The zero-order valence-corrected chi connectivity index (χ0v) is 13.0. The Morgan fingerprint density at radius 3 is 2.74 bits per heavy atom. The van der Waals surface area contributed by atoms with E-state index in [1.807, 2.05) is 4.90 Å². The molecule has 0 spiro atoms. The fourth-order valence-corrected chi connectivity index (χ4v) is 2.82. The Morgan fingerprint density at radius 1 is 1.32 bits per heavy atom. The molecular formula is C15H19BrFNO. The molecule has 1 amide bonds. The van der Waals surface area contributed by atoms with Crippen LogP contribution >= 0.6 is 15.9 Å². The fourth-order valence-electron chi connectivity index (χ4n) is 2.44. The van der Waals surface area contributed by atoms with E-state index in [-0.39, 0.29) is 11.7 Å². The molecule has 0 atom stereocenters. The van der Waals surface area contributed by atoms with E-state index >= 15 is 0 Å². The summed E-state index contributed by atoms with van der Waals surface area (Å²) in [6.07, 6.45) is 3.19. The summed E-state index contributed by atoms with van der Waals surface area (Å²) in [6, 6.07) is 4.45. The molecule has 1 fully saturated rings. The first-order chi connectivity index (χ1) is 8.89. The molecule has 0 saturated carbocycles. The number of carbonyl (C=O) groups is 1. The third-order valence-electron chi connectivity index (χ3n) is 3.79. The van der Waals surface area contributed by atoms with Crippen LogP contribution in [0.2, 0.25) is 0 Å². The summed E-state index contributed by atoms with van der Waals surface area (Å²) in [6.45, 7) is 6.06.